The van der Waals surface area contributed by atoms with Crippen LogP contribution < -0.4 is 10.5 Å². The first-order valence-corrected chi connectivity index (χ1v) is 6.91. The highest BCUT2D eigenvalue weighted by Gasteiger charge is 2.25. The van der Waals surface area contributed by atoms with Crippen LogP contribution in [0.25, 0.3) is 0 Å². The van der Waals surface area contributed by atoms with Gasteiger partial charge in [-0.25, -0.2) is 9.97 Å². The van der Waals surface area contributed by atoms with Crippen LogP contribution in [0.2, 0.25) is 0 Å². The van der Waals surface area contributed by atoms with E-state index in [0.29, 0.717) is 17.8 Å². The minimum absolute atomic E-state index is 0.158. The van der Waals surface area contributed by atoms with E-state index in [1.54, 1.807) is 7.11 Å². The number of anilines is 1. The number of rotatable bonds is 4. The third-order valence-electron chi connectivity index (χ3n) is 3.65. The van der Waals surface area contributed by atoms with Gasteiger partial charge < -0.3 is 15.2 Å². The van der Waals surface area contributed by atoms with Gasteiger partial charge in [0, 0.05) is 13.5 Å². The van der Waals surface area contributed by atoms with Crippen molar-refractivity contribution in [3.05, 3.63) is 11.9 Å². The van der Waals surface area contributed by atoms with Crippen LogP contribution in [0.1, 0.15) is 51.0 Å². The van der Waals surface area contributed by atoms with Crippen LogP contribution in [0, 0.1) is 0 Å². The van der Waals surface area contributed by atoms with Gasteiger partial charge in [0.25, 0.3) is 0 Å². The molecule has 1 aliphatic carbocycles. The van der Waals surface area contributed by atoms with E-state index in [-0.39, 0.29) is 12.0 Å². The molecule has 0 bridgehead atoms. The maximum absolute atomic E-state index is 6.05. The smallest absolute Gasteiger partial charge is 0.222 e. The Morgan fingerprint density at radius 2 is 2.00 bits per heavy atom. The van der Waals surface area contributed by atoms with Gasteiger partial charge in [-0.1, -0.05) is 13.8 Å². The van der Waals surface area contributed by atoms with E-state index < -0.39 is 0 Å². The Bertz CT molecular complexity index is 423. The molecule has 2 rings (SSSR count). The lowest BCUT2D eigenvalue weighted by Gasteiger charge is -2.29. The summed E-state index contributed by atoms with van der Waals surface area (Å²) in [4.78, 5) is 8.30. The lowest BCUT2D eigenvalue weighted by Crippen LogP contribution is -2.30. The SMILES string of the molecule is COC1CCCC(Oc2ncnc(N)c2C(C)C)C1. The molecule has 0 spiro atoms. The lowest BCUT2D eigenvalue weighted by molar-refractivity contribution is 0.0191. The first kappa shape index (κ1) is 14.1. The Morgan fingerprint density at radius 3 is 2.68 bits per heavy atom. The highest BCUT2D eigenvalue weighted by atomic mass is 16.5. The van der Waals surface area contributed by atoms with E-state index in [2.05, 4.69) is 23.8 Å². The van der Waals surface area contributed by atoms with Crippen molar-refractivity contribution in [1.82, 2.24) is 9.97 Å². The van der Waals surface area contributed by atoms with Crippen molar-refractivity contribution in [2.45, 2.75) is 57.7 Å². The summed E-state index contributed by atoms with van der Waals surface area (Å²) in [6.07, 6.45) is 6.11. The molecule has 0 radical (unpaired) electrons. The van der Waals surface area contributed by atoms with E-state index in [1.165, 1.54) is 6.33 Å². The molecule has 0 aromatic carbocycles. The molecule has 1 fully saturated rings. The minimum atomic E-state index is 0.158. The largest absolute Gasteiger partial charge is 0.474 e. The zero-order valence-corrected chi connectivity index (χ0v) is 11.9. The molecule has 1 aromatic heterocycles. The van der Waals surface area contributed by atoms with Crippen LogP contribution in [-0.2, 0) is 4.74 Å². The van der Waals surface area contributed by atoms with Crippen LogP contribution in [0.5, 0.6) is 5.88 Å². The summed E-state index contributed by atoms with van der Waals surface area (Å²) in [5.41, 5.74) is 6.83. The van der Waals surface area contributed by atoms with Crippen molar-refractivity contribution in [1.29, 1.82) is 0 Å². The highest BCUT2D eigenvalue weighted by Crippen LogP contribution is 2.31. The van der Waals surface area contributed by atoms with Gasteiger partial charge in [-0.2, -0.15) is 0 Å². The Balaban J connectivity index is 2.12. The summed E-state index contributed by atoms with van der Waals surface area (Å²) in [6, 6.07) is 0. The van der Waals surface area contributed by atoms with E-state index in [4.69, 9.17) is 15.2 Å². The zero-order valence-electron chi connectivity index (χ0n) is 11.9. The Labute approximate surface area is 114 Å². The molecule has 2 unspecified atom stereocenters. The van der Waals surface area contributed by atoms with Crippen molar-refractivity contribution in [2.24, 2.45) is 0 Å². The van der Waals surface area contributed by atoms with E-state index in [0.717, 1.165) is 31.2 Å². The number of ether oxygens (including phenoxy) is 2. The summed E-state index contributed by atoms with van der Waals surface area (Å²) in [7, 11) is 1.76. The average Bonchev–Trinajstić information content (AvgIpc) is 2.38. The van der Waals surface area contributed by atoms with Gasteiger partial charge in [0.05, 0.1) is 11.7 Å². The van der Waals surface area contributed by atoms with E-state index >= 15 is 0 Å². The summed E-state index contributed by atoms with van der Waals surface area (Å²) in [6.45, 7) is 4.14. The number of aromatic nitrogens is 2. The van der Waals surface area contributed by atoms with Crippen molar-refractivity contribution < 1.29 is 9.47 Å². The minimum Gasteiger partial charge on any atom is -0.474 e. The molecule has 1 aromatic rings. The summed E-state index contributed by atoms with van der Waals surface area (Å²) in [5, 5.41) is 0. The van der Waals surface area contributed by atoms with E-state index in [9.17, 15) is 0 Å². The Morgan fingerprint density at radius 1 is 1.26 bits per heavy atom. The average molecular weight is 265 g/mol. The van der Waals surface area contributed by atoms with Crippen LogP contribution in [0.3, 0.4) is 0 Å². The summed E-state index contributed by atoms with van der Waals surface area (Å²) < 4.78 is 11.5. The molecular weight excluding hydrogens is 242 g/mol. The Hall–Kier alpha value is -1.36. The number of nitrogens with two attached hydrogens (primary N) is 1. The van der Waals surface area contributed by atoms with Gasteiger partial charge in [0.15, 0.2) is 0 Å². The molecule has 19 heavy (non-hydrogen) atoms. The molecular formula is C14H23N3O2. The van der Waals surface area contributed by atoms with Gasteiger partial charge in [-0.05, 0) is 25.2 Å². The summed E-state index contributed by atoms with van der Waals surface area (Å²) in [5.74, 6) is 1.39. The third-order valence-corrected chi connectivity index (χ3v) is 3.65. The number of nitrogen functional groups attached to an aromatic ring is 1. The highest BCUT2D eigenvalue weighted by molar-refractivity contribution is 5.46. The van der Waals surface area contributed by atoms with Crippen LogP contribution in [-0.4, -0.2) is 29.3 Å². The first-order chi connectivity index (χ1) is 9.11. The normalized spacial score (nSPS) is 23.6. The maximum Gasteiger partial charge on any atom is 0.222 e. The molecule has 5 heteroatoms. The van der Waals surface area contributed by atoms with Crippen molar-refractivity contribution in [3.8, 4) is 5.88 Å². The first-order valence-electron chi connectivity index (χ1n) is 6.91. The molecule has 2 N–H and O–H groups in total. The molecule has 1 saturated carbocycles. The molecule has 0 amide bonds. The van der Waals surface area contributed by atoms with Gasteiger partial charge in [0.1, 0.15) is 18.2 Å². The van der Waals surface area contributed by atoms with Crippen molar-refractivity contribution >= 4 is 5.82 Å². The lowest BCUT2D eigenvalue weighted by atomic mass is 9.95. The predicted molar refractivity (Wildman–Crippen MR) is 74.2 cm³/mol. The maximum atomic E-state index is 6.05. The fourth-order valence-electron chi connectivity index (χ4n) is 2.61. The molecule has 2 atom stereocenters. The van der Waals surface area contributed by atoms with Gasteiger partial charge in [0.2, 0.25) is 5.88 Å². The van der Waals surface area contributed by atoms with Gasteiger partial charge in [-0.3, -0.25) is 0 Å². The number of hydrogen-bond acceptors (Lipinski definition) is 5. The topological polar surface area (TPSA) is 70.3 Å². The molecule has 1 heterocycles. The summed E-state index contributed by atoms with van der Waals surface area (Å²) >= 11 is 0. The predicted octanol–water partition coefficient (Wildman–Crippen LogP) is 2.52. The second-order valence-electron chi connectivity index (χ2n) is 5.40. The second kappa shape index (κ2) is 6.19. The molecule has 5 nitrogen and oxygen atoms in total. The Kier molecular flexibility index (Phi) is 4.58. The molecule has 106 valence electrons. The second-order valence-corrected chi connectivity index (χ2v) is 5.40. The molecule has 1 aliphatic rings. The van der Waals surface area contributed by atoms with Crippen molar-refractivity contribution in [2.75, 3.05) is 12.8 Å². The fourth-order valence-corrected chi connectivity index (χ4v) is 2.61. The number of nitrogens with zero attached hydrogens (tertiary/aromatic N) is 2. The third kappa shape index (κ3) is 3.35. The van der Waals surface area contributed by atoms with Gasteiger partial charge >= 0.3 is 0 Å². The number of hydrogen-bond donors (Lipinski definition) is 1. The fraction of sp³-hybridized carbons (Fsp3) is 0.714. The van der Waals surface area contributed by atoms with Crippen LogP contribution >= 0.6 is 0 Å². The quantitative estimate of drug-likeness (QED) is 0.905. The standard InChI is InChI=1S/C14H23N3O2/c1-9(2)12-13(15)16-8-17-14(12)19-11-6-4-5-10(7-11)18-3/h8-11H,4-7H2,1-3H3,(H2,15,16,17). The number of methoxy groups -OCH3 is 1. The van der Waals surface area contributed by atoms with Crippen LogP contribution in [0.4, 0.5) is 5.82 Å². The molecule has 0 aliphatic heterocycles. The zero-order chi connectivity index (χ0) is 13.8. The monoisotopic (exact) mass is 265 g/mol. The van der Waals surface area contributed by atoms with Crippen molar-refractivity contribution in [3.63, 3.8) is 0 Å². The van der Waals surface area contributed by atoms with Gasteiger partial charge in [-0.15, -0.1) is 0 Å². The van der Waals surface area contributed by atoms with E-state index in [1.807, 2.05) is 0 Å². The molecule has 0 saturated heterocycles. The van der Waals surface area contributed by atoms with Crippen LogP contribution in [0.15, 0.2) is 6.33 Å².